The summed E-state index contributed by atoms with van der Waals surface area (Å²) in [5.41, 5.74) is 1.25. The number of hydrogen-bond donors (Lipinski definition) is 2. The fourth-order valence-corrected chi connectivity index (χ4v) is 2.13. The Balaban J connectivity index is 2.08. The molecule has 0 bridgehead atoms. The van der Waals surface area contributed by atoms with E-state index in [1.165, 1.54) is 5.56 Å². The molecule has 1 aliphatic rings. The van der Waals surface area contributed by atoms with Crippen LogP contribution < -0.4 is 5.32 Å². The highest BCUT2D eigenvalue weighted by atomic mass is 16.4. The van der Waals surface area contributed by atoms with Gasteiger partial charge in [-0.2, -0.15) is 0 Å². The van der Waals surface area contributed by atoms with Gasteiger partial charge in [0, 0.05) is 0 Å². The number of carboxylic acid groups (broad SMARTS) is 1. The van der Waals surface area contributed by atoms with Gasteiger partial charge in [0.15, 0.2) is 0 Å². The second kappa shape index (κ2) is 4.45. The third-order valence-corrected chi connectivity index (χ3v) is 2.97. The number of carbonyl (C=O) groups is 1. The Morgan fingerprint density at radius 2 is 2.07 bits per heavy atom. The van der Waals surface area contributed by atoms with Crippen LogP contribution in [0.25, 0.3) is 0 Å². The highest BCUT2D eigenvalue weighted by Gasteiger charge is 2.26. The first-order chi connectivity index (χ1) is 7.27. The van der Waals surface area contributed by atoms with Crippen LogP contribution in [0.15, 0.2) is 30.3 Å². The predicted octanol–water partition coefficient (Wildman–Crippen LogP) is 1.61. The molecule has 0 unspecified atom stereocenters. The van der Waals surface area contributed by atoms with Crippen molar-refractivity contribution in [3.63, 3.8) is 0 Å². The zero-order valence-corrected chi connectivity index (χ0v) is 8.52. The second-order valence-corrected chi connectivity index (χ2v) is 3.98. The van der Waals surface area contributed by atoms with Gasteiger partial charge in [-0.05, 0) is 30.9 Å². The largest absolute Gasteiger partial charge is 0.480 e. The van der Waals surface area contributed by atoms with Crippen molar-refractivity contribution in [3.05, 3.63) is 35.9 Å². The molecule has 1 fully saturated rings. The molecule has 3 heteroatoms. The van der Waals surface area contributed by atoms with Crippen molar-refractivity contribution in [2.75, 3.05) is 6.54 Å². The Hall–Kier alpha value is -1.35. The molecule has 0 radical (unpaired) electrons. The highest BCUT2D eigenvalue weighted by molar-refractivity contribution is 5.73. The van der Waals surface area contributed by atoms with Crippen LogP contribution in [0.5, 0.6) is 0 Å². The summed E-state index contributed by atoms with van der Waals surface area (Å²) in [5, 5.41) is 12.0. The number of nitrogens with one attached hydrogen (secondary N) is 1. The first-order valence-corrected chi connectivity index (χ1v) is 5.28. The molecule has 3 nitrogen and oxygen atoms in total. The standard InChI is InChI=1S/C12H15NO2/c14-12(15)11-8-10(6-7-13-11)9-4-2-1-3-5-9/h1-5,10-11,13H,6-8H2,(H,14,15)/t10-,11-/m0/s1. The topological polar surface area (TPSA) is 49.3 Å². The molecule has 1 saturated heterocycles. The van der Waals surface area contributed by atoms with E-state index in [9.17, 15) is 4.79 Å². The molecule has 15 heavy (non-hydrogen) atoms. The quantitative estimate of drug-likeness (QED) is 0.771. The van der Waals surface area contributed by atoms with Crippen LogP contribution in [-0.2, 0) is 4.79 Å². The molecule has 0 amide bonds. The molecule has 0 spiro atoms. The number of benzene rings is 1. The van der Waals surface area contributed by atoms with Crippen molar-refractivity contribution in [1.29, 1.82) is 0 Å². The molecule has 2 atom stereocenters. The third-order valence-electron chi connectivity index (χ3n) is 2.97. The molecule has 2 N–H and O–H groups in total. The summed E-state index contributed by atoms with van der Waals surface area (Å²) in [6.45, 7) is 0.788. The molecule has 0 aromatic heterocycles. The summed E-state index contributed by atoms with van der Waals surface area (Å²) in [6.07, 6.45) is 1.72. The number of hydrogen-bond acceptors (Lipinski definition) is 2. The predicted molar refractivity (Wildman–Crippen MR) is 57.8 cm³/mol. The van der Waals surface area contributed by atoms with E-state index >= 15 is 0 Å². The van der Waals surface area contributed by atoms with Crippen molar-refractivity contribution in [2.24, 2.45) is 0 Å². The van der Waals surface area contributed by atoms with Gasteiger partial charge in [-0.15, -0.1) is 0 Å². The van der Waals surface area contributed by atoms with Gasteiger partial charge >= 0.3 is 5.97 Å². The van der Waals surface area contributed by atoms with Gasteiger partial charge in [0.25, 0.3) is 0 Å². The molecular formula is C12H15NO2. The number of aliphatic carboxylic acids is 1. The lowest BCUT2D eigenvalue weighted by molar-refractivity contribution is -0.140. The minimum Gasteiger partial charge on any atom is -0.480 e. The van der Waals surface area contributed by atoms with Gasteiger partial charge in [-0.3, -0.25) is 4.79 Å². The van der Waals surface area contributed by atoms with Crippen molar-refractivity contribution < 1.29 is 9.90 Å². The third kappa shape index (κ3) is 2.36. The van der Waals surface area contributed by atoms with E-state index < -0.39 is 5.97 Å². The Bertz CT molecular complexity index is 337. The maximum atomic E-state index is 10.9. The lowest BCUT2D eigenvalue weighted by atomic mass is 9.86. The van der Waals surface area contributed by atoms with E-state index in [0.717, 1.165) is 13.0 Å². The average molecular weight is 205 g/mol. The lowest BCUT2D eigenvalue weighted by Gasteiger charge is -2.28. The van der Waals surface area contributed by atoms with Gasteiger partial charge in [0.2, 0.25) is 0 Å². The van der Waals surface area contributed by atoms with E-state index in [0.29, 0.717) is 12.3 Å². The zero-order valence-electron chi connectivity index (χ0n) is 8.52. The molecule has 1 heterocycles. The summed E-state index contributed by atoms with van der Waals surface area (Å²) in [4.78, 5) is 10.9. The van der Waals surface area contributed by atoms with Crippen molar-refractivity contribution in [3.8, 4) is 0 Å². The van der Waals surface area contributed by atoms with Gasteiger partial charge < -0.3 is 10.4 Å². The van der Waals surface area contributed by atoms with Crippen LogP contribution in [0.2, 0.25) is 0 Å². The van der Waals surface area contributed by atoms with E-state index in [1.807, 2.05) is 18.2 Å². The normalized spacial score (nSPS) is 26.1. The van der Waals surface area contributed by atoms with E-state index in [2.05, 4.69) is 17.4 Å². The Morgan fingerprint density at radius 3 is 2.73 bits per heavy atom. The van der Waals surface area contributed by atoms with Crippen LogP contribution in [0.1, 0.15) is 24.3 Å². The fourth-order valence-electron chi connectivity index (χ4n) is 2.13. The van der Waals surface area contributed by atoms with Crippen LogP contribution >= 0.6 is 0 Å². The minimum absolute atomic E-state index is 0.383. The van der Waals surface area contributed by atoms with E-state index in [1.54, 1.807) is 0 Å². The molecule has 80 valence electrons. The molecule has 1 aliphatic heterocycles. The summed E-state index contributed by atoms with van der Waals surface area (Å²) < 4.78 is 0. The highest BCUT2D eigenvalue weighted by Crippen LogP contribution is 2.27. The first kappa shape index (κ1) is 10.2. The maximum absolute atomic E-state index is 10.9. The van der Waals surface area contributed by atoms with Crippen molar-refractivity contribution in [1.82, 2.24) is 5.32 Å². The average Bonchev–Trinajstić information content (AvgIpc) is 2.30. The number of piperidine rings is 1. The number of carboxylic acids is 1. The molecule has 0 saturated carbocycles. The van der Waals surface area contributed by atoms with Crippen LogP contribution in [-0.4, -0.2) is 23.7 Å². The van der Waals surface area contributed by atoms with Gasteiger partial charge in [0.05, 0.1) is 0 Å². The van der Waals surface area contributed by atoms with Crippen LogP contribution in [0.3, 0.4) is 0 Å². The monoisotopic (exact) mass is 205 g/mol. The molecular weight excluding hydrogens is 190 g/mol. The minimum atomic E-state index is -0.740. The molecule has 1 aromatic carbocycles. The van der Waals surface area contributed by atoms with Crippen LogP contribution in [0, 0.1) is 0 Å². The van der Waals surface area contributed by atoms with Crippen molar-refractivity contribution in [2.45, 2.75) is 24.8 Å². The summed E-state index contributed by atoms with van der Waals surface area (Å²) in [6, 6.07) is 9.77. The summed E-state index contributed by atoms with van der Waals surface area (Å²) in [7, 11) is 0. The molecule has 2 rings (SSSR count). The van der Waals surface area contributed by atoms with Crippen molar-refractivity contribution >= 4 is 5.97 Å². The molecule has 0 aliphatic carbocycles. The maximum Gasteiger partial charge on any atom is 0.320 e. The second-order valence-electron chi connectivity index (χ2n) is 3.98. The van der Waals surface area contributed by atoms with Gasteiger partial charge in [-0.25, -0.2) is 0 Å². The van der Waals surface area contributed by atoms with Crippen LogP contribution in [0.4, 0.5) is 0 Å². The summed E-state index contributed by atoms with van der Waals surface area (Å²) in [5.74, 6) is -0.357. The number of rotatable bonds is 2. The Kier molecular flexibility index (Phi) is 3.02. The Morgan fingerprint density at radius 1 is 1.33 bits per heavy atom. The van der Waals surface area contributed by atoms with E-state index in [-0.39, 0.29) is 6.04 Å². The molecule has 1 aromatic rings. The Labute approximate surface area is 89.1 Å². The van der Waals surface area contributed by atoms with E-state index in [4.69, 9.17) is 5.11 Å². The first-order valence-electron chi connectivity index (χ1n) is 5.28. The summed E-state index contributed by atoms with van der Waals surface area (Å²) >= 11 is 0. The SMILES string of the molecule is O=C(O)[C@@H]1C[C@@H](c2ccccc2)CCN1. The fraction of sp³-hybridized carbons (Fsp3) is 0.417. The smallest absolute Gasteiger partial charge is 0.320 e. The van der Waals surface area contributed by atoms with Gasteiger partial charge in [-0.1, -0.05) is 30.3 Å². The lowest BCUT2D eigenvalue weighted by Crippen LogP contribution is -2.42. The zero-order chi connectivity index (χ0) is 10.7. The van der Waals surface area contributed by atoms with Gasteiger partial charge in [0.1, 0.15) is 6.04 Å².